The molecule has 3 aromatic rings. The van der Waals surface area contributed by atoms with Crippen LogP contribution in [0.25, 0.3) is 0 Å². The van der Waals surface area contributed by atoms with E-state index in [0.29, 0.717) is 6.54 Å². The second-order valence-electron chi connectivity index (χ2n) is 6.68. The fraction of sp³-hybridized carbons (Fsp3) is 0.136. The van der Waals surface area contributed by atoms with Gasteiger partial charge < -0.3 is 10.0 Å². The fourth-order valence-electron chi connectivity index (χ4n) is 3.32. The van der Waals surface area contributed by atoms with Crippen molar-refractivity contribution in [2.24, 2.45) is 0 Å². The molecule has 1 aliphatic heterocycles. The minimum atomic E-state index is -0.935. The van der Waals surface area contributed by atoms with Crippen molar-refractivity contribution in [1.29, 1.82) is 0 Å². The molecule has 0 atom stereocenters. The van der Waals surface area contributed by atoms with E-state index < -0.39 is 6.09 Å². The first-order valence-corrected chi connectivity index (χ1v) is 9.79. The van der Waals surface area contributed by atoms with Crippen molar-refractivity contribution in [3.8, 4) is 0 Å². The van der Waals surface area contributed by atoms with Gasteiger partial charge in [-0.15, -0.1) is 0 Å². The number of fused-ring (bicyclic) bond motifs is 2. The second kappa shape index (κ2) is 7.48. The van der Waals surface area contributed by atoms with Crippen LogP contribution in [-0.2, 0) is 6.54 Å². The van der Waals surface area contributed by atoms with Gasteiger partial charge in [0.15, 0.2) is 0 Å². The Morgan fingerprint density at radius 1 is 0.929 bits per heavy atom. The highest BCUT2D eigenvalue weighted by atomic mass is 32.2. The largest absolute Gasteiger partial charge is 0.465 e. The van der Waals surface area contributed by atoms with E-state index >= 15 is 0 Å². The number of benzene rings is 3. The van der Waals surface area contributed by atoms with Crippen molar-refractivity contribution in [2.45, 2.75) is 16.3 Å². The maximum Gasteiger partial charge on any atom is 0.407 e. The summed E-state index contributed by atoms with van der Waals surface area (Å²) in [7, 11) is 3.61. The zero-order chi connectivity index (χ0) is 19.7. The summed E-state index contributed by atoms with van der Waals surface area (Å²) in [6, 6.07) is 24.7. The summed E-state index contributed by atoms with van der Waals surface area (Å²) in [4.78, 5) is 14.8. The average molecular weight is 391 g/mol. The maximum absolute atomic E-state index is 11.1. The second-order valence-corrected chi connectivity index (χ2v) is 7.77. The van der Waals surface area contributed by atoms with Crippen LogP contribution in [0, 0.1) is 0 Å². The van der Waals surface area contributed by atoms with Gasteiger partial charge in [-0.25, -0.2) is 4.79 Å². The zero-order valence-corrected chi connectivity index (χ0v) is 16.6. The Bertz CT molecular complexity index is 978. The third kappa shape index (κ3) is 3.39. The van der Waals surface area contributed by atoms with Crippen molar-refractivity contribution in [1.82, 2.24) is 4.90 Å². The molecule has 142 valence electrons. The maximum atomic E-state index is 11.1. The Labute approximate surface area is 168 Å². The molecule has 0 aromatic heterocycles. The monoisotopic (exact) mass is 391 g/mol. The van der Waals surface area contributed by atoms with E-state index in [1.807, 2.05) is 43.4 Å². The molecule has 0 radical (unpaired) electrons. The van der Waals surface area contributed by atoms with Crippen LogP contribution in [0.2, 0.25) is 0 Å². The van der Waals surface area contributed by atoms with Crippen molar-refractivity contribution >= 4 is 34.9 Å². The van der Waals surface area contributed by atoms with Crippen LogP contribution in [-0.4, -0.2) is 30.2 Å². The van der Waals surface area contributed by atoms with Crippen molar-refractivity contribution < 1.29 is 9.90 Å². The van der Waals surface area contributed by atoms with Gasteiger partial charge in [-0.05, 0) is 42.0 Å². The highest BCUT2D eigenvalue weighted by molar-refractivity contribution is 7.99. The Kier molecular flexibility index (Phi) is 4.88. The van der Waals surface area contributed by atoms with Gasteiger partial charge in [0.1, 0.15) is 0 Å². The van der Waals surface area contributed by atoms with E-state index in [-0.39, 0.29) is 0 Å². The standard InChI is InChI=1S/C22H21N3O2S/c1-23(22(26)27)15-16-8-7-9-17(14-16)24(2)25-18-10-3-5-12-20(18)28-21-13-6-4-11-19(21)25/h3-14H,15H2,1-2H3,(H,26,27). The number of hydrogen-bond donors (Lipinski definition) is 1. The molecular formula is C22H21N3O2S. The van der Waals surface area contributed by atoms with Gasteiger partial charge in [0.05, 0.1) is 17.1 Å². The summed E-state index contributed by atoms with van der Waals surface area (Å²) in [5.74, 6) is 0. The minimum Gasteiger partial charge on any atom is -0.465 e. The molecule has 0 fully saturated rings. The molecule has 1 aliphatic rings. The van der Waals surface area contributed by atoms with Crippen LogP contribution >= 0.6 is 11.8 Å². The van der Waals surface area contributed by atoms with Gasteiger partial charge >= 0.3 is 6.09 Å². The van der Waals surface area contributed by atoms with E-state index in [9.17, 15) is 4.79 Å². The molecule has 0 spiro atoms. The molecule has 3 aromatic carbocycles. The summed E-state index contributed by atoms with van der Waals surface area (Å²) in [6.07, 6.45) is -0.935. The Balaban J connectivity index is 1.73. The van der Waals surface area contributed by atoms with Crippen LogP contribution in [0.5, 0.6) is 0 Å². The third-order valence-corrected chi connectivity index (χ3v) is 5.87. The van der Waals surface area contributed by atoms with Crippen LogP contribution in [0.15, 0.2) is 82.6 Å². The van der Waals surface area contributed by atoms with Gasteiger partial charge in [-0.2, -0.15) is 0 Å². The van der Waals surface area contributed by atoms with Crippen molar-refractivity contribution in [2.75, 3.05) is 24.1 Å². The zero-order valence-electron chi connectivity index (χ0n) is 15.7. The lowest BCUT2D eigenvalue weighted by Crippen LogP contribution is -2.38. The first kappa shape index (κ1) is 18.3. The highest BCUT2D eigenvalue weighted by Crippen LogP contribution is 2.48. The average Bonchev–Trinajstić information content (AvgIpc) is 2.71. The van der Waals surface area contributed by atoms with E-state index in [1.165, 1.54) is 14.7 Å². The summed E-state index contributed by atoms with van der Waals surface area (Å²) < 4.78 is 0. The number of hydrogen-bond acceptors (Lipinski definition) is 4. The molecule has 5 nitrogen and oxygen atoms in total. The number of amides is 1. The van der Waals surface area contributed by atoms with Gasteiger partial charge in [0.2, 0.25) is 0 Å². The predicted octanol–water partition coefficient (Wildman–Crippen LogP) is 5.45. The SMILES string of the molecule is CN(Cc1cccc(N(C)N2c3ccccc3Sc3ccccc32)c1)C(=O)O. The summed E-state index contributed by atoms with van der Waals surface area (Å²) >= 11 is 1.77. The first-order valence-electron chi connectivity index (χ1n) is 8.97. The number of hydrazine groups is 1. The van der Waals surface area contributed by atoms with Gasteiger partial charge in [0.25, 0.3) is 0 Å². The Morgan fingerprint density at radius 3 is 2.14 bits per heavy atom. The van der Waals surface area contributed by atoms with E-state index in [0.717, 1.165) is 22.6 Å². The van der Waals surface area contributed by atoms with Crippen molar-refractivity contribution in [3.63, 3.8) is 0 Å². The number of anilines is 3. The fourth-order valence-corrected chi connectivity index (χ4v) is 4.37. The number of nitrogens with zero attached hydrogens (tertiary/aromatic N) is 3. The quantitative estimate of drug-likeness (QED) is 0.641. The van der Waals surface area contributed by atoms with E-state index in [1.54, 1.807) is 18.8 Å². The summed E-state index contributed by atoms with van der Waals surface area (Å²) in [5.41, 5.74) is 4.19. The number of rotatable bonds is 4. The Morgan fingerprint density at radius 2 is 1.54 bits per heavy atom. The number of carbonyl (C=O) groups is 1. The molecule has 0 saturated carbocycles. The van der Waals surface area contributed by atoms with Gasteiger partial charge in [-0.1, -0.05) is 48.2 Å². The predicted molar refractivity (Wildman–Crippen MR) is 113 cm³/mol. The molecule has 6 heteroatoms. The summed E-state index contributed by atoms with van der Waals surface area (Å²) in [5, 5.41) is 13.5. The molecule has 28 heavy (non-hydrogen) atoms. The number of para-hydroxylation sites is 2. The topological polar surface area (TPSA) is 47.0 Å². The highest BCUT2D eigenvalue weighted by Gasteiger charge is 2.26. The lowest BCUT2D eigenvalue weighted by atomic mass is 10.2. The molecule has 1 heterocycles. The lowest BCUT2D eigenvalue weighted by Gasteiger charge is -2.40. The Hall–Kier alpha value is -3.12. The first-order chi connectivity index (χ1) is 13.5. The molecule has 1 N–H and O–H groups in total. The molecule has 0 saturated heterocycles. The molecule has 4 rings (SSSR count). The van der Waals surface area contributed by atoms with Crippen LogP contribution < -0.4 is 10.0 Å². The molecular weight excluding hydrogens is 370 g/mol. The van der Waals surface area contributed by atoms with E-state index in [2.05, 4.69) is 46.4 Å². The summed E-state index contributed by atoms with van der Waals surface area (Å²) in [6.45, 7) is 0.347. The molecule has 0 unspecified atom stereocenters. The van der Waals surface area contributed by atoms with Crippen LogP contribution in [0.1, 0.15) is 5.56 Å². The normalized spacial score (nSPS) is 12.1. The van der Waals surface area contributed by atoms with E-state index in [4.69, 9.17) is 5.11 Å². The van der Waals surface area contributed by atoms with Crippen molar-refractivity contribution in [3.05, 3.63) is 78.4 Å². The molecule has 0 aliphatic carbocycles. The lowest BCUT2D eigenvalue weighted by molar-refractivity contribution is 0.154. The molecule has 1 amide bonds. The van der Waals surface area contributed by atoms with Gasteiger partial charge in [0, 0.05) is 30.4 Å². The third-order valence-electron chi connectivity index (χ3n) is 4.74. The van der Waals surface area contributed by atoms with Crippen LogP contribution in [0.4, 0.5) is 21.9 Å². The van der Waals surface area contributed by atoms with Crippen LogP contribution in [0.3, 0.4) is 0 Å². The van der Waals surface area contributed by atoms with Gasteiger partial charge in [-0.3, -0.25) is 10.0 Å². The number of carboxylic acid groups (broad SMARTS) is 1. The smallest absolute Gasteiger partial charge is 0.407 e. The minimum absolute atomic E-state index is 0.347. The molecule has 0 bridgehead atoms.